The Hall–Kier alpha value is -3.30. The van der Waals surface area contributed by atoms with E-state index in [1.165, 1.54) is 10.6 Å². The van der Waals surface area contributed by atoms with Gasteiger partial charge in [-0.05, 0) is 48.9 Å². The highest BCUT2D eigenvalue weighted by molar-refractivity contribution is 7.16. The van der Waals surface area contributed by atoms with Gasteiger partial charge in [0, 0.05) is 13.6 Å². The monoisotopic (exact) mass is 520 g/mol. The van der Waals surface area contributed by atoms with Crippen LogP contribution in [-0.4, -0.2) is 28.5 Å². The number of thiazole rings is 1. The van der Waals surface area contributed by atoms with Crippen molar-refractivity contribution in [3.05, 3.63) is 92.5 Å². The third kappa shape index (κ3) is 5.36. The van der Waals surface area contributed by atoms with Gasteiger partial charge in [-0.1, -0.05) is 53.3 Å². The van der Waals surface area contributed by atoms with Crippen LogP contribution < -0.4 is 9.61 Å². The minimum absolute atomic E-state index is 0.149. The van der Waals surface area contributed by atoms with Crippen LogP contribution in [0.2, 0.25) is 5.02 Å². The quantitative estimate of drug-likeness (QED) is 0.306. The number of rotatable bonds is 6. The maximum atomic E-state index is 13.0. The van der Waals surface area contributed by atoms with Crippen LogP contribution >= 0.6 is 22.9 Å². The molecular formula is C25H20ClF3N2O3S. The van der Waals surface area contributed by atoms with Crippen LogP contribution in [0.25, 0.3) is 15.9 Å². The molecule has 0 saturated carbocycles. The first kappa shape index (κ1) is 24.8. The molecule has 0 bridgehead atoms. The highest BCUT2D eigenvalue weighted by atomic mass is 35.5. The van der Waals surface area contributed by atoms with Crippen LogP contribution in [-0.2, 0) is 17.5 Å². The second-order valence-electron chi connectivity index (χ2n) is 7.94. The van der Waals surface area contributed by atoms with E-state index in [0.29, 0.717) is 22.5 Å². The standard InChI is InChI=1S/C25H20ClF3N2O3S/c1-15(23(32)30(2)14-16-6-4-3-5-7-16)34-18-9-11-21-22(13-18)35-24(33)31(21)20-10-8-17(12-19(20)26)25(27,28)29/h3-13,15H,14H2,1-2H3. The van der Waals surface area contributed by atoms with Crippen LogP contribution in [0.15, 0.2) is 71.5 Å². The summed E-state index contributed by atoms with van der Waals surface area (Å²) >= 11 is 7.00. The van der Waals surface area contributed by atoms with Gasteiger partial charge in [0.1, 0.15) is 5.75 Å². The third-order valence-electron chi connectivity index (χ3n) is 5.37. The normalized spacial score (nSPS) is 12.5. The molecule has 1 heterocycles. The van der Waals surface area contributed by atoms with Gasteiger partial charge in [0.15, 0.2) is 6.10 Å². The third-order valence-corrected chi connectivity index (χ3v) is 6.57. The highest BCUT2D eigenvalue weighted by Gasteiger charge is 2.31. The number of hydrogen-bond acceptors (Lipinski definition) is 4. The molecule has 4 aromatic rings. The average Bonchev–Trinajstić information content (AvgIpc) is 3.13. The molecule has 4 rings (SSSR count). The van der Waals surface area contributed by atoms with Crippen molar-refractivity contribution < 1.29 is 22.7 Å². The van der Waals surface area contributed by atoms with Gasteiger partial charge in [0.25, 0.3) is 5.91 Å². The van der Waals surface area contributed by atoms with E-state index in [9.17, 15) is 22.8 Å². The SMILES string of the molecule is CC(Oc1ccc2c(c1)sc(=O)n2-c1ccc(C(F)(F)F)cc1Cl)C(=O)N(C)Cc1ccccc1. The van der Waals surface area contributed by atoms with Crippen LogP contribution in [0, 0.1) is 0 Å². The van der Waals surface area contributed by atoms with Gasteiger partial charge in [-0.2, -0.15) is 13.2 Å². The number of benzene rings is 3. The van der Waals surface area contributed by atoms with E-state index in [2.05, 4.69) is 0 Å². The summed E-state index contributed by atoms with van der Waals surface area (Å²) in [5, 5.41) is -0.192. The number of fused-ring (bicyclic) bond motifs is 1. The molecule has 0 saturated heterocycles. The number of carbonyl (C=O) groups excluding carboxylic acids is 1. The lowest BCUT2D eigenvalue weighted by Crippen LogP contribution is -2.37. The molecule has 0 aliphatic carbocycles. The summed E-state index contributed by atoms with van der Waals surface area (Å²) in [5.74, 6) is 0.176. The molecule has 1 unspecified atom stereocenters. The molecule has 0 fully saturated rings. The molecule has 0 N–H and O–H groups in total. The van der Waals surface area contributed by atoms with E-state index in [1.54, 1.807) is 37.1 Å². The Labute approximate surface area is 207 Å². The lowest BCUT2D eigenvalue weighted by atomic mass is 10.2. The van der Waals surface area contributed by atoms with Crippen LogP contribution in [0.5, 0.6) is 5.75 Å². The van der Waals surface area contributed by atoms with Crippen molar-refractivity contribution in [2.45, 2.75) is 25.7 Å². The molecule has 3 aromatic carbocycles. The van der Waals surface area contributed by atoms with Gasteiger partial charge in [-0.15, -0.1) is 0 Å². The molecule has 1 aromatic heterocycles. The zero-order valence-corrected chi connectivity index (χ0v) is 20.2. The zero-order chi connectivity index (χ0) is 25.3. The first-order valence-corrected chi connectivity index (χ1v) is 11.7. The van der Waals surface area contributed by atoms with Crippen molar-refractivity contribution in [3.8, 4) is 11.4 Å². The van der Waals surface area contributed by atoms with Crippen molar-refractivity contribution in [3.63, 3.8) is 0 Å². The number of hydrogen-bond donors (Lipinski definition) is 0. The van der Waals surface area contributed by atoms with Crippen molar-refractivity contribution in [1.82, 2.24) is 9.47 Å². The van der Waals surface area contributed by atoms with Crippen LogP contribution in [0.3, 0.4) is 0 Å². The summed E-state index contributed by atoms with van der Waals surface area (Å²) in [4.78, 5) is 26.6. The van der Waals surface area contributed by atoms with Gasteiger partial charge < -0.3 is 9.64 Å². The van der Waals surface area contributed by atoms with E-state index in [0.717, 1.165) is 29.0 Å². The summed E-state index contributed by atoms with van der Waals surface area (Å²) < 4.78 is 46.5. The number of halogens is 4. The smallest absolute Gasteiger partial charge is 0.416 e. The van der Waals surface area contributed by atoms with E-state index in [4.69, 9.17) is 16.3 Å². The van der Waals surface area contributed by atoms with Crippen molar-refractivity contribution in [2.75, 3.05) is 7.05 Å². The second kappa shape index (κ2) is 9.75. The number of alkyl halides is 3. The average molecular weight is 521 g/mol. The van der Waals surface area contributed by atoms with Crippen LogP contribution in [0.1, 0.15) is 18.1 Å². The number of ether oxygens (including phenoxy) is 1. The van der Waals surface area contributed by atoms with Crippen LogP contribution in [0.4, 0.5) is 13.2 Å². The van der Waals surface area contributed by atoms with Gasteiger partial charge >= 0.3 is 11.0 Å². The maximum absolute atomic E-state index is 13.0. The molecular weight excluding hydrogens is 501 g/mol. The lowest BCUT2D eigenvalue weighted by Gasteiger charge is -2.22. The Balaban J connectivity index is 1.55. The summed E-state index contributed by atoms with van der Waals surface area (Å²) in [7, 11) is 1.69. The summed E-state index contributed by atoms with van der Waals surface area (Å²) in [5.41, 5.74) is 0.709. The minimum Gasteiger partial charge on any atom is -0.481 e. The number of nitrogens with zero attached hydrogens (tertiary/aromatic N) is 2. The fourth-order valence-corrected chi connectivity index (χ4v) is 4.85. The fourth-order valence-electron chi connectivity index (χ4n) is 3.67. The molecule has 35 heavy (non-hydrogen) atoms. The van der Waals surface area contributed by atoms with Crippen molar-refractivity contribution >= 4 is 39.1 Å². The van der Waals surface area contributed by atoms with Gasteiger partial charge in [0.05, 0.1) is 26.5 Å². The Bertz CT molecular complexity index is 1430. The molecule has 0 aliphatic rings. The number of likely N-dealkylation sites (N-methyl/N-ethyl adjacent to an activating group) is 1. The van der Waals surface area contributed by atoms with Gasteiger partial charge in [0.2, 0.25) is 0 Å². The Morgan fingerprint density at radius 2 is 1.83 bits per heavy atom. The first-order valence-electron chi connectivity index (χ1n) is 10.5. The summed E-state index contributed by atoms with van der Waals surface area (Å²) in [6.07, 6.45) is -5.32. The topological polar surface area (TPSA) is 51.5 Å². The van der Waals surface area contributed by atoms with E-state index in [1.807, 2.05) is 30.3 Å². The Kier molecular flexibility index (Phi) is 6.91. The number of amides is 1. The van der Waals surface area contributed by atoms with Crippen molar-refractivity contribution in [1.29, 1.82) is 0 Å². The molecule has 0 aliphatic heterocycles. The molecule has 1 amide bonds. The number of carbonyl (C=O) groups is 1. The number of aromatic nitrogens is 1. The zero-order valence-electron chi connectivity index (χ0n) is 18.7. The molecule has 10 heteroatoms. The predicted octanol–water partition coefficient (Wildman–Crippen LogP) is 6.15. The second-order valence-corrected chi connectivity index (χ2v) is 9.34. The summed E-state index contributed by atoms with van der Waals surface area (Å²) in [6, 6.07) is 17.3. The lowest BCUT2D eigenvalue weighted by molar-refractivity contribution is -0.138. The summed E-state index contributed by atoms with van der Waals surface area (Å²) in [6.45, 7) is 2.08. The fraction of sp³-hybridized carbons (Fsp3) is 0.200. The van der Waals surface area contributed by atoms with Gasteiger partial charge in [-0.25, -0.2) is 0 Å². The van der Waals surface area contributed by atoms with Gasteiger partial charge in [-0.3, -0.25) is 14.2 Å². The molecule has 0 spiro atoms. The molecule has 5 nitrogen and oxygen atoms in total. The largest absolute Gasteiger partial charge is 0.481 e. The molecule has 1 atom stereocenters. The first-order chi connectivity index (χ1) is 16.5. The van der Waals surface area contributed by atoms with E-state index < -0.39 is 22.7 Å². The highest BCUT2D eigenvalue weighted by Crippen LogP contribution is 2.34. The maximum Gasteiger partial charge on any atom is 0.416 e. The van der Waals surface area contributed by atoms with E-state index in [-0.39, 0.29) is 16.6 Å². The molecule has 182 valence electrons. The minimum atomic E-state index is -4.54. The van der Waals surface area contributed by atoms with Crippen molar-refractivity contribution in [2.24, 2.45) is 0 Å². The Morgan fingerprint density at radius 1 is 1.11 bits per heavy atom. The van der Waals surface area contributed by atoms with E-state index >= 15 is 0 Å². The Morgan fingerprint density at radius 3 is 2.49 bits per heavy atom. The molecule has 0 radical (unpaired) electrons. The predicted molar refractivity (Wildman–Crippen MR) is 130 cm³/mol.